The molecule has 1 aromatic heterocycles. The molecule has 2 heterocycles. The van der Waals surface area contributed by atoms with Crippen molar-refractivity contribution in [2.24, 2.45) is 0 Å². The van der Waals surface area contributed by atoms with Gasteiger partial charge in [0.1, 0.15) is 12.4 Å². The first kappa shape index (κ1) is 17.5. The quantitative estimate of drug-likeness (QED) is 0.736. The van der Waals surface area contributed by atoms with Gasteiger partial charge in [-0.3, -0.25) is 9.69 Å². The number of carbonyl (C=O) groups is 1. The molecule has 1 saturated carbocycles. The summed E-state index contributed by atoms with van der Waals surface area (Å²) >= 11 is 0. The summed E-state index contributed by atoms with van der Waals surface area (Å²) in [6.45, 7) is 5.97. The minimum Gasteiger partial charge on any atom is -0.379 e. The number of para-hydroxylation sites is 2. The van der Waals surface area contributed by atoms with E-state index in [2.05, 4.69) is 20.9 Å². The first-order valence-corrected chi connectivity index (χ1v) is 9.83. The van der Waals surface area contributed by atoms with Gasteiger partial charge in [0.25, 0.3) is 0 Å². The van der Waals surface area contributed by atoms with Crippen molar-refractivity contribution in [3.63, 3.8) is 0 Å². The van der Waals surface area contributed by atoms with Crippen molar-refractivity contribution in [3.05, 3.63) is 30.1 Å². The zero-order chi connectivity index (χ0) is 17.8. The van der Waals surface area contributed by atoms with E-state index in [0.29, 0.717) is 12.5 Å². The van der Waals surface area contributed by atoms with E-state index < -0.39 is 0 Å². The Morgan fingerprint density at radius 3 is 2.81 bits per heavy atom. The number of nitrogens with zero attached hydrogens (tertiary/aromatic N) is 3. The maximum absolute atomic E-state index is 12.4. The number of imidazole rings is 1. The molecule has 1 aromatic carbocycles. The summed E-state index contributed by atoms with van der Waals surface area (Å²) in [5, 5.41) is 3.08. The molecule has 1 aliphatic carbocycles. The Labute approximate surface area is 154 Å². The Morgan fingerprint density at radius 1 is 1.19 bits per heavy atom. The fourth-order valence-corrected chi connectivity index (χ4v) is 3.63. The van der Waals surface area contributed by atoms with E-state index in [4.69, 9.17) is 9.72 Å². The SMILES string of the molecule is O=C(Cn1c(C2CC2)nc2ccccc21)NCCCCN1CCOCC1. The van der Waals surface area contributed by atoms with Gasteiger partial charge in [0, 0.05) is 25.6 Å². The third-order valence-electron chi connectivity index (χ3n) is 5.26. The van der Waals surface area contributed by atoms with Crippen molar-refractivity contribution in [1.82, 2.24) is 19.8 Å². The van der Waals surface area contributed by atoms with Crippen LogP contribution in [0.15, 0.2) is 24.3 Å². The fourth-order valence-electron chi connectivity index (χ4n) is 3.63. The molecular weight excluding hydrogens is 328 g/mol. The molecule has 6 heteroatoms. The predicted molar refractivity (Wildman–Crippen MR) is 101 cm³/mol. The Bertz CT molecular complexity index is 747. The van der Waals surface area contributed by atoms with Crippen LogP contribution < -0.4 is 5.32 Å². The molecule has 2 fully saturated rings. The third kappa shape index (κ3) is 4.24. The zero-order valence-corrected chi connectivity index (χ0v) is 15.3. The highest BCUT2D eigenvalue weighted by Crippen LogP contribution is 2.40. The van der Waals surface area contributed by atoms with Crippen molar-refractivity contribution < 1.29 is 9.53 Å². The molecule has 0 bridgehead atoms. The molecule has 2 aliphatic rings. The van der Waals surface area contributed by atoms with Gasteiger partial charge in [-0.1, -0.05) is 12.1 Å². The van der Waals surface area contributed by atoms with Crippen LogP contribution in [0.2, 0.25) is 0 Å². The number of fused-ring (bicyclic) bond motifs is 1. The van der Waals surface area contributed by atoms with E-state index in [0.717, 1.165) is 69.1 Å². The predicted octanol–water partition coefficient (Wildman–Crippen LogP) is 2.14. The molecule has 1 saturated heterocycles. The number of ether oxygens (including phenoxy) is 1. The van der Waals surface area contributed by atoms with Crippen molar-refractivity contribution in [2.75, 3.05) is 39.4 Å². The van der Waals surface area contributed by atoms with Crippen molar-refractivity contribution >= 4 is 16.9 Å². The summed E-state index contributed by atoms with van der Waals surface area (Å²) in [6, 6.07) is 8.11. The molecule has 1 amide bonds. The van der Waals surface area contributed by atoms with Gasteiger partial charge in [0.15, 0.2) is 0 Å². The van der Waals surface area contributed by atoms with Crippen LogP contribution in [0.3, 0.4) is 0 Å². The van der Waals surface area contributed by atoms with Gasteiger partial charge in [-0.05, 0) is 44.4 Å². The summed E-state index contributed by atoms with van der Waals surface area (Å²) in [5.74, 6) is 1.69. The van der Waals surface area contributed by atoms with Crippen LogP contribution in [-0.4, -0.2) is 59.8 Å². The van der Waals surface area contributed by atoms with Crippen molar-refractivity contribution in [3.8, 4) is 0 Å². The van der Waals surface area contributed by atoms with Crippen molar-refractivity contribution in [2.45, 2.75) is 38.1 Å². The van der Waals surface area contributed by atoms with Crippen LogP contribution in [0.4, 0.5) is 0 Å². The minimum atomic E-state index is 0.0847. The highest BCUT2D eigenvalue weighted by Gasteiger charge is 2.30. The van der Waals surface area contributed by atoms with Crippen molar-refractivity contribution in [1.29, 1.82) is 0 Å². The molecular formula is C20H28N4O2. The average Bonchev–Trinajstić information content (AvgIpc) is 3.45. The molecule has 1 aliphatic heterocycles. The number of aromatic nitrogens is 2. The summed E-state index contributed by atoms with van der Waals surface area (Å²) < 4.78 is 7.47. The van der Waals surface area contributed by atoms with E-state index in [9.17, 15) is 4.79 Å². The smallest absolute Gasteiger partial charge is 0.240 e. The number of benzene rings is 1. The zero-order valence-electron chi connectivity index (χ0n) is 15.3. The normalized spacial score (nSPS) is 18.3. The molecule has 1 N–H and O–H groups in total. The van der Waals surface area contributed by atoms with E-state index in [-0.39, 0.29) is 5.91 Å². The molecule has 0 radical (unpaired) electrons. The average molecular weight is 356 g/mol. The number of hydrogen-bond donors (Lipinski definition) is 1. The lowest BCUT2D eigenvalue weighted by Gasteiger charge is -2.26. The van der Waals surface area contributed by atoms with E-state index >= 15 is 0 Å². The van der Waals surface area contributed by atoms with Gasteiger partial charge >= 0.3 is 0 Å². The molecule has 2 aromatic rings. The number of amides is 1. The van der Waals surface area contributed by atoms with Crippen LogP contribution in [-0.2, 0) is 16.1 Å². The van der Waals surface area contributed by atoms with Gasteiger partial charge < -0.3 is 14.6 Å². The number of hydrogen-bond acceptors (Lipinski definition) is 4. The third-order valence-corrected chi connectivity index (χ3v) is 5.26. The molecule has 0 spiro atoms. The summed E-state index contributed by atoms with van der Waals surface area (Å²) in [6.07, 6.45) is 4.50. The monoisotopic (exact) mass is 356 g/mol. The van der Waals surface area contributed by atoms with Gasteiger partial charge in [0.2, 0.25) is 5.91 Å². The maximum Gasteiger partial charge on any atom is 0.240 e. The molecule has 0 atom stereocenters. The highest BCUT2D eigenvalue weighted by atomic mass is 16.5. The molecule has 4 rings (SSSR count). The summed E-state index contributed by atoms with van der Waals surface area (Å²) in [5.41, 5.74) is 2.06. The van der Waals surface area contributed by atoms with Gasteiger partial charge in [-0.25, -0.2) is 4.98 Å². The fraction of sp³-hybridized carbons (Fsp3) is 0.600. The lowest BCUT2D eigenvalue weighted by molar-refractivity contribution is -0.121. The lowest BCUT2D eigenvalue weighted by Crippen LogP contribution is -2.37. The first-order chi connectivity index (χ1) is 12.8. The van der Waals surface area contributed by atoms with Gasteiger partial charge in [-0.2, -0.15) is 0 Å². The first-order valence-electron chi connectivity index (χ1n) is 9.83. The van der Waals surface area contributed by atoms with Gasteiger partial charge in [-0.15, -0.1) is 0 Å². The Morgan fingerprint density at radius 2 is 2.00 bits per heavy atom. The Hall–Kier alpha value is -1.92. The Kier molecular flexibility index (Phi) is 5.51. The second-order valence-corrected chi connectivity index (χ2v) is 7.33. The molecule has 140 valence electrons. The second kappa shape index (κ2) is 8.18. The molecule has 0 unspecified atom stereocenters. The summed E-state index contributed by atoms with van der Waals surface area (Å²) in [4.78, 5) is 19.6. The largest absolute Gasteiger partial charge is 0.379 e. The van der Waals surface area contributed by atoms with E-state index in [1.54, 1.807) is 0 Å². The van der Waals surface area contributed by atoms with Crippen LogP contribution in [0.5, 0.6) is 0 Å². The standard InChI is InChI=1S/C20H28N4O2/c25-19(21-9-3-4-10-23-11-13-26-14-12-23)15-24-18-6-2-1-5-17(18)22-20(24)16-7-8-16/h1-2,5-6,16H,3-4,7-15H2,(H,21,25). The summed E-state index contributed by atoms with van der Waals surface area (Å²) in [7, 11) is 0. The topological polar surface area (TPSA) is 59.4 Å². The highest BCUT2D eigenvalue weighted by molar-refractivity contribution is 5.81. The van der Waals surface area contributed by atoms with Crippen LogP contribution in [0.1, 0.15) is 37.4 Å². The number of rotatable bonds is 8. The lowest BCUT2D eigenvalue weighted by atomic mass is 10.2. The number of morpholine rings is 1. The number of carbonyl (C=O) groups excluding carboxylic acids is 1. The minimum absolute atomic E-state index is 0.0847. The molecule has 6 nitrogen and oxygen atoms in total. The van der Waals surface area contributed by atoms with Gasteiger partial charge in [0.05, 0.1) is 24.2 Å². The second-order valence-electron chi connectivity index (χ2n) is 7.33. The van der Waals surface area contributed by atoms with Crippen LogP contribution >= 0.6 is 0 Å². The number of nitrogens with one attached hydrogen (secondary N) is 1. The number of unbranched alkanes of at least 4 members (excludes halogenated alkanes) is 1. The van der Waals surface area contributed by atoms with Crippen LogP contribution in [0, 0.1) is 0 Å². The van der Waals surface area contributed by atoms with E-state index in [1.807, 2.05) is 18.2 Å². The molecule has 26 heavy (non-hydrogen) atoms. The van der Waals surface area contributed by atoms with E-state index in [1.165, 1.54) is 12.8 Å². The van der Waals surface area contributed by atoms with Crippen LogP contribution in [0.25, 0.3) is 11.0 Å². The Balaban J connectivity index is 1.26. The maximum atomic E-state index is 12.4.